The summed E-state index contributed by atoms with van der Waals surface area (Å²) < 4.78 is 19.2. The summed E-state index contributed by atoms with van der Waals surface area (Å²) in [5.41, 5.74) is 0.765. The highest BCUT2D eigenvalue weighted by atomic mass is 19.1. The van der Waals surface area contributed by atoms with Gasteiger partial charge in [0, 0.05) is 0 Å². The van der Waals surface area contributed by atoms with Crippen molar-refractivity contribution < 1.29 is 13.9 Å². The molecule has 0 radical (unpaired) electrons. The molecule has 2 atom stereocenters. The zero-order valence-corrected chi connectivity index (χ0v) is 13.2. The Kier molecular flexibility index (Phi) is 4.70. The van der Waals surface area contributed by atoms with Crippen LogP contribution in [0.2, 0.25) is 0 Å². The van der Waals surface area contributed by atoms with E-state index in [1.807, 2.05) is 25.1 Å². The number of rotatable bonds is 6. The zero-order valence-electron chi connectivity index (χ0n) is 13.2. The molecule has 0 aromatic heterocycles. The van der Waals surface area contributed by atoms with E-state index in [4.69, 9.17) is 4.74 Å². The van der Waals surface area contributed by atoms with Crippen LogP contribution in [-0.2, 0) is 21.6 Å². The van der Waals surface area contributed by atoms with Crippen LogP contribution in [0.1, 0.15) is 57.6 Å². The lowest BCUT2D eigenvalue weighted by atomic mass is 9.87. The van der Waals surface area contributed by atoms with Crippen LogP contribution in [0.25, 0.3) is 0 Å². The molecule has 0 fully saturated rings. The predicted octanol–water partition coefficient (Wildman–Crippen LogP) is 4.56. The lowest BCUT2D eigenvalue weighted by molar-refractivity contribution is -0.175. The molecule has 2 unspecified atom stereocenters. The summed E-state index contributed by atoms with van der Waals surface area (Å²) in [6.45, 7) is 4.89. The third kappa shape index (κ3) is 2.83. The Hall–Kier alpha value is -1.38. The van der Waals surface area contributed by atoms with Gasteiger partial charge in [0.15, 0.2) is 0 Å². The van der Waals surface area contributed by atoms with E-state index in [2.05, 4.69) is 13.0 Å². The lowest BCUT2D eigenvalue weighted by Gasteiger charge is -2.34. The van der Waals surface area contributed by atoms with Crippen molar-refractivity contribution in [2.45, 2.75) is 58.5 Å². The molecule has 0 saturated heterocycles. The molecule has 0 N–H and O–H groups in total. The molecule has 1 aromatic rings. The van der Waals surface area contributed by atoms with Crippen LogP contribution < -0.4 is 0 Å². The molecule has 0 heterocycles. The number of fused-ring (bicyclic) bond motifs is 1. The number of halogens is 1. The highest BCUT2D eigenvalue weighted by Crippen LogP contribution is 2.44. The Balaban J connectivity index is 2.32. The number of alkyl halides is 1. The number of benzene rings is 1. The summed E-state index contributed by atoms with van der Waals surface area (Å²) in [6, 6.07) is 8.13. The Labute approximate surface area is 126 Å². The molecule has 1 aliphatic rings. The average molecular weight is 292 g/mol. The van der Waals surface area contributed by atoms with Gasteiger partial charge in [0.1, 0.15) is 12.3 Å². The van der Waals surface area contributed by atoms with Crippen molar-refractivity contribution in [1.29, 1.82) is 0 Å². The molecule has 1 aliphatic carbocycles. The first kappa shape index (κ1) is 16.0. The SMILES string of the molecule is CCCC1(OC(=O)C(C)(CC)CF)CCc2ccccc21. The highest BCUT2D eigenvalue weighted by molar-refractivity contribution is 5.77. The second-order valence-electron chi connectivity index (χ2n) is 6.34. The maximum atomic E-state index is 13.3. The van der Waals surface area contributed by atoms with E-state index in [-0.39, 0.29) is 0 Å². The van der Waals surface area contributed by atoms with Crippen molar-refractivity contribution in [3.8, 4) is 0 Å². The minimum atomic E-state index is -1.03. The molecule has 0 bridgehead atoms. The number of carbonyl (C=O) groups is 1. The van der Waals surface area contributed by atoms with Crippen molar-refractivity contribution in [3.05, 3.63) is 35.4 Å². The molecule has 21 heavy (non-hydrogen) atoms. The van der Waals surface area contributed by atoms with Crippen molar-refractivity contribution >= 4 is 5.97 Å². The molecule has 0 aliphatic heterocycles. The molecule has 2 rings (SSSR count). The average Bonchev–Trinajstić information content (AvgIpc) is 2.86. The first-order valence-corrected chi connectivity index (χ1v) is 7.89. The van der Waals surface area contributed by atoms with Crippen LogP contribution in [0, 0.1) is 5.41 Å². The summed E-state index contributed by atoms with van der Waals surface area (Å²) in [5.74, 6) is -0.405. The van der Waals surface area contributed by atoms with Gasteiger partial charge in [-0.1, -0.05) is 44.5 Å². The zero-order chi connectivity index (χ0) is 15.5. The number of hydrogen-bond donors (Lipinski definition) is 0. The summed E-state index contributed by atoms with van der Waals surface area (Å²) in [7, 11) is 0. The fourth-order valence-corrected chi connectivity index (χ4v) is 3.07. The Bertz CT molecular complexity index is 504. The first-order valence-electron chi connectivity index (χ1n) is 7.89. The van der Waals surface area contributed by atoms with Gasteiger partial charge in [-0.2, -0.15) is 0 Å². The maximum absolute atomic E-state index is 13.3. The van der Waals surface area contributed by atoms with Gasteiger partial charge < -0.3 is 4.74 Å². The van der Waals surface area contributed by atoms with Crippen LogP contribution in [0.5, 0.6) is 0 Å². The van der Waals surface area contributed by atoms with Crippen molar-refractivity contribution in [2.75, 3.05) is 6.67 Å². The van der Waals surface area contributed by atoms with E-state index >= 15 is 0 Å². The molecule has 3 heteroatoms. The number of carbonyl (C=O) groups excluding carboxylic acids is 1. The van der Waals surface area contributed by atoms with Crippen LogP contribution in [0.3, 0.4) is 0 Å². The fraction of sp³-hybridized carbons (Fsp3) is 0.611. The van der Waals surface area contributed by atoms with E-state index in [9.17, 15) is 9.18 Å². The van der Waals surface area contributed by atoms with E-state index in [0.29, 0.717) is 6.42 Å². The van der Waals surface area contributed by atoms with Crippen molar-refractivity contribution in [2.24, 2.45) is 5.41 Å². The van der Waals surface area contributed by atoms with Gasteiger partial charge >= 0.3 is 5.97 Å². The molecule has 1 aromatic carbocycles. The quantitative estimate of drug-likeness (QED) is 0.719. The van der Waals surface area contributed by atoms with Crippen LogP contribution in [0.15, 0.2) is 24.3 Å². The smallest absolute Gasteiger partial charge is 0.315 e. The minimum absolute atomic E-state index is 0.405. The number of ether oxygens (including phenoxy) is 1. The molecule has 2 nitrogen and oxygen atoms in total. The van der Waals surface area contributed by atoms with Gasteiger partial charge in [-0.25, -0.2) is 4.39 Å². The molecular formula is C18H25FO2. The standard InChI is InChI=1S/C18H25FO2/c1-4-11-18(21-16(20)17(3,5-2)13-19)12-10-14-8-6-7-9-15(14)18/h6-9H,4-5,10-13H2,1-3H3. The summed E-state index contributed by atoms with van der Waals surface area (Å²) in [5, 5.41) is 0. The topological polar surface area (TPSA) is 26.3 Å². The largest absolute Gasteiger partial charge is 0.454 e. The summed E-state index contributed by atoms with van der Waals surface area (Å²) in [6.07, 6.45) is 3.90. The lowest BCUT2D eigenvalue weighted by Crippen LogP contribution is -2.39. The van der Waals surface area contributed by atoms with Gasteiger partial charge in [-0.3, -0.25) is 4.79 Å². The van der Waals surface area contributed by atoms with E-state index in [1.54, 1.807) is 6.92 Å². The van der Waals surface area contributed by atoms with Gasteiger partial charge in [0.25, 0.3) is 0 Å². The molecule has 116 valence electrons. The molecular weight excluding hydrogens is 267 g/mol. The molecule has 0 saturated carbocycles. The normalized spacial score (nSPS) is 23.4. The second kappa shape index (κ2) is 6.17. The van der Waals surface area contributed by atoms with E-state index < -0.39 is 23.7 Å². The number of hydrogen-bond acceptors (Lipinski definition) is 2. The van der Waals surface area contributed by atoms with Crippen molar-refractivity contribution in [3.63, 3.8) is 0 Å². The van der Waals surface area contributed by atoms with Crippen LogP contribution >= 0.6 is 0 Å². The Morgan fingerprint density at radius 3 is 2.71 bits per heavy atom. The minimum Gasteiger partial charge on any atom is -0.454 e. The molecule has 0 amide bonds. The van der Waals surface area contributed by atoms with Crippen molar-refractivity contribution in [1.82, 2.24) is 0 Å². The van der Waals surface area contributed by atoms with Crippen LogP contribution in [-0.4, -0.2) is 12.6 Å². The third-order valence-electron chi connectivity index (χ3n) is 4.82. The Morgan fingerprint density at radius 1 is 1.38 bits per heavy atom. The fourth-order valence-electron chi connectivity index (χ4n) is 3.07. The highest BCUT2D eigenvalue weighted by Gasteiger charge is 2.45. The van der Waals surface area contributed by atoms with Crippen LogP contribution in [0.4, 0.5) is 4.39 Å². The van der Waals surface area contributed by atoms with Gasteiger partial charge in [-0.05, 0) is 43.7 Å². The first-order chi connectivity index (χ1) is 10.0. The summed E-state index contributed by atoms with van der Waals surface area (Å²) >= 11 is 0. The third-order valence-corrected chi connectivity index (χ3v) is 4.82. The monoisotopic (exact) mass is 292 g/mol. The predicted molar refractivity (Wildman–Crippen MR) is 81.8 cm³/mol. The summed E-state index contributed by atoms with van der Waals surface area (Å²) in [4.78, 5) is 12.5. The van der Waals surface area contributed by atoms with Gasteiger partial charge in [-0.15, -0.1) is 0 Å². The molecule has 0 spiro atoms. The van der Waals surface area contributed by atoms with E-state index in [1.165, 1.54) is 5.56 Å². The van der Waals surface area contributed by atoms with E-state index in [0.717, 1.165) is 31.2 Å². The number of aryl methyl sites for hydroxylation is 1. The Morgan fingerprint density at radius 2 is 2.10 bits per heavy atom. The number of esters is 1. The van der Waals surface area contributed by atoms with Gasteiger partial charge in [0.2, 0.25) is 0 Å². The second-order valence-corrected chi connectivity index (χ2v) is 6.34. The van der Waals surface area contributed by atoms with Gasteiger partial charge in [0.05, 0.1) is 5.41 Å². The maximum Gasteiger partial charge on any atom is 0.315 e.